The Morgan fingerprint density at radius 3 is 2.61 bits per heavy atom. The Labute approximate surface area is 102 Å². The average Bonchev–Trinajstić information content (AvgIpc) is 2.83. The van der Waals surface area contributed by atoms with E-state index in [0.717, 1.165) is 17.2 Å². The van der Waals surface area contributed by atoms with Crippen LogP contribution in [0.4, 0.5) is 0 Å². The molecule has 0 fully saturated rings. The monoisotopic (exact) mass is 239 g/mol. The number of phenolic OH excluding ortho intramolecular Hbond substituents is 1. The first-order valence-corrected chi connectivity index (χ1v) is 5.42. The molecular weight excluding hydrogens is 230 g/mol. The van der Waals surface area contributed by atoms with Gasteiger partial charge in [0.15, 0.2) is 11.9 Å². The molecule has 3 aromatic rings. The van der Waals surface area contributed by atoms with Crippen molar-refractivity contribution in [2.75, 3.05) is 0 Å². The summed E-state index contributed by atoms with van der Waals surface area (Å²) in [4.78, 5) is 10.9. The molecule has 2 aromatic carbocycles. The minimum atomic E-state index is 0.195. The molecule has 1 aromatic heterocycles. The highest BCUT2D eigenvalue weighted by molar-refractivity contribution is 6.00. The Kier molecular flexibility index (Phi) is 2.34. The lowest BCUT2D eigenvalue weighted by Gasteiger charge is -1.97. The lowest BCUT2D eigenvalue weighted by Crippen LogP contribution is -1.80. The van der Waals surface area contributed by atoms with E-state index in [2.05, 4.69) is 5.16 Å². The van der Waals surface area contributed by atoms with Crippen molar-refractivity contribution in [3.63, 3.8) is 0 Å². The molecule has 0 saturated carbocycles. The van der Waals surface area contributed by atoms with Gasteiger partial charge in [-0.3, -0.25) is 4.79 Å². The molecule has 0 amide bonds. The topological polar surface area (TPSA) is 63.3 Å². The summed E-state index contributed by atoms with van der Waals surface area (Å²) in [6.07, 6.45) is 0.744. The molecule has 0 aliphatic carbocycles. The molecule has 1 heterocycles. The molecule has 0 atom stereocenters. The van der Waals surface area contributed by atoms with Crippen molar-refractivity contribution in [2.45, 2.75) is 0 Å². The van der Waals surface area contributed by atoms with Crippen LogP contribution in [0, 0.1) is 0 Å². The van der Waals surface area contributed by atoms with Crippen molar-refractivity contribution in [3.05, 3.63) is 48.0 Å². The SMILES string of the molecule is O=Cc1cccc2c(-c3ccc(O)cc3)noc12. The van der Waals surface area contributed by atoms with Crippen molar-refractivity contribution in [3.8, 4) is 17.0 Å². The van der Waals surface area contributed by atoms with Crippen molar-refractivity contribution >= 4 is 17.3 Å². The first-order chi connectivity index (χ1) is 8.79. The molecular formula is C14H9NO3. The second kappa shape index (κ2) is 4.00. The van der Waals surface area contributed by atoms with Gasteiger partial charge in [0.2, 0.25) is 0 Å². The number of phenols is 1. The molecule has 0 aliphatic rings. The van der Waals surface area contributed by atoms with E-state index >= 15 is 0 Å². The lowest BCUT2D eigenvalue weighted by molar-refractivity contribution is 0.112. The quantitative estimate of drug-likeness (QED) is 0.698. The van der Waals surface area contributed by atoms with E-state index in [9.17, 15) is 9.90 Å². The predicted octanol–water partition coefficient (Wildman–Crippen LogP) is 3.01. The van der Waals surface area contributed by atoms with Crippen LogP contribution >= 0.6 is 0 Å². The van der Waals surface area contributed by atoms with E-state index < -0.39 is 0 Å². The number of carbonyl (C=O) groups is 1. The summed E-state index contributed by atoms with van der Waals surface area (Å²) in [5.41, 5.74) is 2.45. The van der Waals surface area contributed by atoms with Crippen LogP contribution in [0.1, 0.15) is 10.4 Å². The zero-order chi connectivity index (χ0) is 12.5. The van der Waals surface area contributed by atoms with Crippen molar-refractivity contribution < 1.29 is 14.4 Å². The Morgan fingerprint density at radius 2 is 1.89 bits per heavy atom. The second-order valence-electron chi connectivity index (χ2n) is 3.92. The van der Waals surface area contributed by atoms with E-state index in [1.807, 2.05) is 6.07 Å². The van der Waals surface area contributed by atoms with Crippen LogP contribution in [0.25, 0.3) is 22.2 Å². The summed E-state index contributed by atoms with van der Waals surface area (Å²) in [5.74, 6) is 0.195. The van der Waals surface area contributed by atoms with Crippen LogP contribution in [0.15, 0.2) is 47.0 Å². The van der Waals surface area contributed by atoms with Crippen LogP contribution in [0.5, 0.6) is 5.75 Å². The van der Waals surface area contributed by atoms with Gasteiger partial charge in [0, 0.05) is 5.56 Å². The summed E-state index contributed by atoms with van der Waals surface area (Å²) in [6.45, 7) is 0. The van der Waals surface area contributed by atoms with Crippen molar-refractivity contribution in [1.82, 2.24) is 5.16 Å². The first-order valence-electron chi connectivity index (χ1n) is 5.42. The molecule has 4 nitrogen and oxygen atoms in total. The highest BCUT2D eigenvalue weighted by atomic mass is 16.5. The van der Waals surface area contributed by atoms with Crippen LogP contribution in [0.2, 0.25) is 0 Å². The largest absolute Gasteiger partial charge is 0.508 e. The standard InChI is InChI=1S/C14H9NO3/c16-8-10-2-1-3-12-13(15-18-14(10)12)9-4-6-11(17)7-5-9/h1-8,17H. The fourth-order valence-corrected chi connectivity index (χ4v) is 1.90. The van der Waals surface area contributed by atoms with Gasteiger partial charge in [-0.1, -0.05) is 11.2 Å². The number of hydrogen-bond acceptors (Lipinski definition) is 4. The molecule has 18 heavy (non-hydrogen) atoms. The van der Waals surface area contributed by atoms with Crippen LogP contribution < -0.4 is 0 Å². The summed E-state index contributed by atoms with van der Waals surface area (Å²) < 4.78 is 5.21. The van der Waals surface area contributed by atoms with Gasteiger partial charge in [-0.15, -0.1) is 0 Å². The smallest absolute Gasteiger partial charge is 0.177 e. The lowest BCUT2D eigenvalue weighted by atomic mass is 10.1. The summed E-state index contributed by atoms with van der Waals surface area (Å²) in [5, 5.41) is 14.0. The maximum absolute atomic E-state index is 10.9. The molecule has 1 N–H and O–H groups in total. The second-order valence-corrected chi connectivity index (χ2v) is 3.92. The summed E-state index contributed by atoms with van der Waals surface area (Å²) in [7, 11) is 0. The Bertz CT molecular complexity index is 713. The van der Waals surface area contributed by atoms with Gasteiger partial charge in [0.1, 0.15) is 11.4 Å². The minimum Gasteiger partial charge on any atom is -0.508 e. The molecule has 0 bridgehead atoms. The Balaban J connectivity index is 2.24. The number of nitrogens with zero attached hydrogens (tertiary/aromatic N) is 1. The van der Waals surface area contributed by atoms with E-state index in [-0.39, 0.29) is 5.75 Å². The van der Waals surface area contributed by atoms with E-state index in [0.29, 0.717) is 16.8 Å². The van der Waals surface area contributed by atoms with Gasteiger partial charge < -0.3 is 9.63 Å². The molecule has 0 radical (unpaired) electrons. The zero-order valence-electron chi connectivity index (χ0n) is 9.33. The molecule has 3 rings (SSSR count). The number of hydrogen-bond donors (Lipinski definition) is 1. The highest BCUT2D eigenvalue weighted by Crippen LogP contribution is 2.30. The third-order valence-electron chi connectivity index (χ3n) is 2.80. The van der Waals surface area contributed by atoms with Crippen LogP contribution in [0.3, 0.4) is 0 Å². The number of aromatic nitrogens is 1. The van der Waals surface area contributed by atoms with Gasteiger partial charge in [0.25, 0.3) is 0 Å². The van der Waals surface area contributed by atoms with Gasteiger partial charge in [-0.05, 0) is 36.4 Å². The van der Waals surface area contributed by atoms with Crippen molar-refractivity contribution in [1.29, 1.82) is 0 Å². The number of para-hydroxylation sites is 1. The third-order valence-corrected chi connectivity index (χ3v) is 2.80. The van der Waals surface area contributed by atoms with Crippen molar-refractivity contribution in [2.24, 2.45) is 0 Å². The number of aromatic hydroxyl groups is 1. The summed E-state index contributed by atoms with van der Waals surface area (Å²) >= 11 is 0. The first kappa shape index (κ1) is 10.5. The molecule has 0 unspecified atom stereocenters. The average molecular weight is 239 g/mol. The number of aldehydes is 1. The predicted molar refractivity (Wildman–Crippen MR) is 66.5 cm³/mol. The molecule has 0 saturated heterocycles. The fraction of sp³-hybridized carbons (Fsp3) is 0. The normalized spacial score (nSPS) is 10.7. The highest BCUT2D eigenvalue weighted by Gasteiger charge is 2.12. The molecule has 0 aliphatic heterocycles. The number of fused-ring (bicyclic) bond motifs is 1. The number of rotatable bonds is 2. The van der Waals surface area contributed by atoms with Gasteiger partial charge in [0.05, 0.1) is 10.9 Å². The zero-order valence-corrected chi connectivity index (χ0v) is 9.33. The van der Waals surface area contributed by atoms with Crippen LogP contribution in [-0.4, -0.2) is 16.5 Å². The van der Waals surface area contributed by atoms with E-state index in [1.165, 1.54) is 0 Å². The fourth-order valence-electron chi connectivity index (χ4n) is 1.90. The third kappa shape index (κ3) is 1.55. The maximum Gasteiger partial charge on any atom is 0.177 e. The molecule has 4 heteroatoms. The molecule has 88 valence electrons. The van der Waals surface area contributed by atoms with Gasteiger partial charge >= 0.3 is 0 Å². The van der Waals surface area contributed by atoms with E-state index in [1.54, 1.807) is 36.4 Å². The van der Waals surface area contributed by atoms with E-state index in [4.69, 9.17) is 4.52 Å². The Morgan fingerprint density at radius 1 is 1.11 bits per heavy atom. The Hall–Kier alpha value is -2.62. The van der Waals surface area contributed by atoms with Crippen LogP contribution in [-0.2, 0) is 0 Å². The number of benzene rings is 2. The summed E-state index contributed by atoms with van der Waals surface area (Å²) in [6, 6.07) is 12.0. The minimum absolute atomic E-state index is 0.195. The number of carbonyl (C=O) groups excluding carboxylic acids is 1. The maximum atomic E-state index is 10.9. The van der Waals surface area contributed by atoms with Gasteiger partial charge in [-0.2, -0.15) is 0 Å². The van der Waals surface area contributed by atoms with Gasteiger partial charge in [-0.25, -0.2) is 0 Å². The molecule has 0 spiro atoms.